The van der Waals surface area contributed by atoms with E-state index in [9.17, 15) is 9.59 Å². The summed E-state index contributed by atoms with van der Waals surface area (Å²) in [6, 6.07) is 4.97. The van der Waals surface area contributed by atoms with Gasteiger partial charge < -0.3 is 15.2 Å². The third-order valence-corrected chi connectivity index (χ3v) is 3.40. The van der Waals surface area contributed by atoms with Crippen LogP contribution >= 0.6 is 0 Å². The molecule has 1 rings (SSSR count). The molecule has 5 nitrogen and oxygen atoms in total. The van der Waals surface area contributed by atoms with Crippen LogP contribution in [0.5, 0.6) is 5.75 Å². The quantitative estimate of drug-likeness (QED) is 0.812. The Hall–Kier alpha value is -2.04. The SMILES string of the molecule is Cc1ccc(C(C)C)c(OCC(=O)N[C@H](C(=O)O)C(C)C)c1. The number of carboxylic acids is 1. The van der Waals surface area contributed by atoms with Crippen molar-refractivity contribution in [2.24, 2.45) is 5.92 Å². The van der Waals surface area contributed by atoms with Gasteiger partial charge in [0.25, 0.3) is 5.91 Å². The summed E-state index contributed by atoms with van der Waals surface area (Å²) in [5.41, 5.74) is 2.07. The maximum Gasteiger partial charge on any atom is 0.326 e. The zero-order valence-corrected chi connectivity index (χ0v) is 13.8. The van der Waals surface area contributed by atoms with E-state index in [1.54, 1.807) is 13.8 Å². The van der Waals surface area contributed by atoms with Gasteiger partial charge >= 0.3 is 5.97 Å². The van der Waals surface area contributed by atoms with Crippen molar-refractivity contribution in [3.63, 3.8) is 0 Å². The lowest BCUT2D eigenvalue weighted by molar-refractivity contribution is -0.143. The van der Waals surface area contributed by atoms with Crippen LogP contribution in [0.4, 0.5) is 0 Å². The molecule has 0 aliphatic rings. The van der Waals surface area contributed by atoms with Gasteiger partial charge in [0.1, 0.15) is 11.8 Å². The molecule has 0 spiro atoms. The molecule has 1 aromatic carbocycles. The van der Waals surface area contributed by atoms with Crippen LogP contribution in [-0.2, 0) is 9.59 Å². The van der Waals surface area contributed by atoms with E-state index in [4.69, 9.17) is 9.84 Å². The lowest BCUT2D eigenvalue weighted by Crippen LogP contribution is -2.46. The highest BCUT2D eigenvalue weighted by molar-refractivity contribution is 5.84. The Morgan fingerprint density at radius 1 is 1.23 bits per heavy atom. The van der Waals surface area contributed by atoms with Gasteiger partial charge in [0.2, 0.25) is 0 Å². The van der Waals surface area contributed by atoms with Crippen LogP contribution in [-0.4, -0.2) is 29.6 Å². The molecule has 0 bridgehead atoms. The number of benzene rings is 1. The molecular formula is C17H25NO4. The number of hydrogen-bond acceptors (Lipinski definition) is 3. The molecule has 122 valence electrons. The topological polar surface area (TPSA) is 75.6 Å². The second kappa shape index (κ2) is 7.82. The second-order valence-electron chi connectivity index (χ2n) is 6.11. The van der Waals surface area contributed by atoms with Gasteiger partial charge in [-0.1, -0.05) is 39.8 Å². The minimum Gasteiger partial charge on any atom is -0.483 e. The minimum atomic E-state index is -1.04. The maximum atomic E-state index is 11.9. The van der Waals surface area contributed by atoms with Gasteiger partial charge in [-0.25, -0.2) is 4.79 Å². The molecule has 0 saturated carbocycles. The number of carboxylic acid groups (broad SMARTS) is 1. The van der Waals surface area contributed by atoms with Crippen molar-refractivity contribution in [1.29, 1.82) is 0 Å². The molecule has 0 fully saturated rings. The monoisotopic (exact) mass is 307 g/mol. The maximum absolute atomic E-state index is 11.9. The summed E-state index contributed by atoms with van der Waals surface area (Å²) < 4.78 is 5.60. The van der Waals surface area contributed by atoms with Crippen LogP contribution in [0.3, 0.4) is 0 Å². The Morgan fingerprint density at radius 2 is 1.86 bits per heavy atom. The molecule has 22 heavy (non-hydrogen) atoms. The molecule has 0 aromatic heterocycles. The van der Waals surface area contributed by atoms with Gasteiger partial charge in [0.05, 0.1) is 0 Å². The molecule has 0 saturated heterocycles. The van der Waals surface area contributed by atoms with Crippen molar-refractivity contribution in [1.82, 2.24) is 5.32 Å². The molecule has 0 heterocycles. The minimum absolute atomic E-state index is 0.188. The van der Waals surface area contributed by atoms with Crippen LogP contribution in [0, 0.1) is 12.8 Å². The predicted molar refractivity (Wildman–Crippen MR) is 85.2 cm³/mol. The van der Waals surface area contributed by atoms with Crippen molar-refractivity contribution in [2.45, 2.75) is 46.6 Å². The Labute approximate surface area is 131 Å². The molecule has 1 atom stereocenters. The third-order valence-electron chi connectivity index (χ3n) is 3.40. The zero-order valence-electron chi connectivity index (χ0n) is 13.8. The molecule has 0 aliphatic heterocycles. The summed E-state index contributed by atoms with van der Waals surface area (Å²) in [7, 11) is 0. The number of nitrogens with one attached hydrogen (secondary N) is 1. The Balaban J connectivity index is 2.72. The summed E-state index contributed by atoms with van der Waals surface area (Å²) in [6.45, 7) is 9.36. The van der Waals surface area contributed by atoms with E-state index in [1.165, 1.54) is 0 Å². The molecule has 5 heteroatoms. The zero-order chi connectivity index (χ0) is 16.9. The van der Waals surface area contributed by atoms with E-state index in [2.05, 4.69) is 19.2 Å². The van der Waals surface area contributed by atoms with Gasteiger partial charge in [0.15, 0.2) is 6.61 Å². The Kier molecular flexibility index (Phi) is 6.40. The van der Waals surface area contributed by atoms with Gasteiger partial charge in [-0.05, 0) is 36.0 Å². The number of rotatable bonds is 7. The van der Waals surface area contributed by atoms with Crippen LogP contribution in [0.25, 0.3) is 0 Å². The molecule has 1 amide bonds. The number of aliphatic carboxylic acids is 1. The highest BCUT2D eigenvalue weighted by Gasteiger charge is 2.23. The van der Waals surface area contributed by atoms with Gasteiger partial charge in [-0.2, -0.15) is 0 Å². The van der Waals surface area contributed by atoms with Crippen molar-refractivity contribution >= 4 is 11.9 Å². The molecule has 2 N–H and O–H groups in total. The van der Waals surface area contributed by atoms with Crippen LogP contribution < -0.4 is 10.1 Å². The van der Waals surface area contributed by atoms with E-state index in [1.807, 2.05) is 25.1 Å². The number of amides is 1. The van der Waals surface area contributed by atoms with Crippen LogP contribution in [0.15, 0.2) is 18.2 Å². The Bertz CT molecular complexity index is 537. The first-order valence-electron chi connectivity index (χ1n) is 7.48. The smallest absolute Gasteiger partial charge is 0.326 e. The summed E-state index contributed by atoms with van der Waals surface area (Å²) in [4.78, 5) is 23.0. The lowest BCUT2D eigenvalue weighted by Gasteiger charge is -2.19. The lowest BCUT2D eigenvalue weighted by atomic mass is 10.0. The van der Waals surface area contributed by atoms with Gasteiger partial charge in [-0.15, -0.1) is 0 Å². The number of hydrogen-bond donors (Lipinski definition) is 2. The molecule has 1 aromatic rings. The molecular weight excluding hydrogens is 282 g/mol. The fourth-order valence-corrected chi connectivity index (χ4v) is 2.12. The van der Waals surface area contributed by atoms with Crippen LogP contribution in [0.1, 0.15) is 44.7 Å². The highest BCUT2D eigenvalue weighted by atomic mass is 16.5. The average Bonchev–Trinajstić information content (AvgIpc) is 2.41. The molecule has 0 aliphatic carbocycles. The number of carbonyl (C=O) groups excluding carboxylic acids is 1. The average molecular weight is 307 g/mol. The van der Waals surface area contributed by atoms with Crippen LogP contribution in [0.2, 0.25) is 0 Å². The summed E-state index contributed by atoms with van der Waals surface area (Å²) in [5.74, 6) is -0.714. The molecule has 0 unspecified atom stereocenters. The van der Waals surface area contributed by atoms with E-state index < -0.39 is 17.9 Å². The number of ether oxygens (including phenoxy) is 1. The standard InChI is InChI=1S/C17H25NO4/c1-10(2)13-7-6-12(5)8-14(13)22-9-15(19)18-16(11(3)4)17(20)21/h6-8,10-11,16H,9H2,1-5H3,(H,18,19)(H,20,21)/t16-/m0/s1. The van der Waals surface area contributed by atoms with Crippen molar-refractivity contribution in [2.75, 3.05) is 6.61 Å². The summed E-state index contributed by atoms with van der Waals surface area (Å²) in [5, 5.41) is 11.6. The first-order valence-corrected chi connectivity index (χ1v) is 7.48. The van der Waals surface area contributed by atoms with Crippen molar-refractivity contribution in [3.8, 4) is 5.75 Å². The van der Waals surface area contributed by atoms with Gasteiger partial charge in [0, 0.05) is 0 Å². The van der Waals surface area contributed by atoms with E-state index in [-0.39, 0.29) is 18.4 Å². The fourth-order valence-electron chi connectivity index (χ4n) is 2.12. The number of aryl methyl sites for hydroxylation is 1. The number of carbonyl (C=O) groups is 2. The third kappa shape index (κ3) is 5.06. The first kappa shape index (κ1) is 18.0. The Morgan fingerprint density at radius 3 is 2.36 bits per heavy atom. The van der Waals surface area contributed by atoms with E-state index in [0.29, 0.717) is 5.75 Å². The fraction of sp³-hybridized carbons (Fsp3) is 0.529. The largest absolute Gasteiger partial charge is 0.483 e. The first-order chi connectivity index (χ1) is 10.2. The summed E-state index contributed by atoms with van der Waals surface area (Å²) in [6.07, 6.45) is 0. The highest BCUT2D eigenvalue weighted by Crippen LogP contribution is 2.27. The van der Waals surface area contributed by atoms with E-state index >= 15 is 0 Å². The second-order valence-corrected chi connectivity index (χ2v) is 6.11. The van der Waals surface area contributed by atoms with Crippen molar-refractivity contribution < 1.29 is 19.4 Å². The molecule has 0 radical (unpaired) electrons. The van der Waals surface area contributed by atoms with E-state index in [0.717, 1.165) is 11.1 Å². The normalized spacial score (nSPS) is 12.3. The van der Waals surface area contributed by atoms with Crippen molar-refractivity contribution in [3.05, 3.63) is 29.3 Å². The predicted octanol–water partition coefficient (Wildman–Crippen LogP) is 2.72. The van der Waals surface area contributed by atoms with Gasteiger partial charge in [-0.3, -0.25) is 4.79 Å². The summed E-state index contributed by atoms with van der Waals surface area (Å²) >= 11 is 0.